The normalized spacial score (nSPS) is 20.1. The van der Waals surface area contributed by atoms with Crippen molar-refractivity contribution in [3.8, 4) is 11.8 Å². The molecule has 1 heterocycles. The Morgan fingerprint density at radius 1 is 1.55 bits per heavy atom. The number of nitrogens with one attached hydrogen (secondary N) is 1. The standard InChI is InChI=1S/C16H20N2O2/c1-16(2)8-7-13(10-16)18-15(20)14-6-5-12(11-17-14)4-3-9-19/h5-6,11,13,19H,7-10H2,1-2H3,(H,18,20). The molecule has 0 aromatic carbocycles. The summed E-state index contributed by atoms with van der Waals surface area (Å²) in [5, 5.41) is 11.6. The fourth-order valence-corrected chi connectivity index (χ4v) is 2.56. The Bertz CT molecular complexity index is 538. The van der Waals surface area contributed by atoms with Crippen LogP contribution >= 0.6 is 0 Å². The molecule has 1 aromatic heterocycles. The van der Waals surface area contributed by atoms with E-state index in [1.54, 1.807) is 18.3 Å². The summed E-state index contributed by atoms with van der Waals surface area (Å²) in [7, 11) is 0. The predicted octanol–water partition coefficient (Wildman–Crippen LogP) is 1.73. The van der Waals surface area contributed by atoms with Crippen molar-refractivity contribution in [3.63, 3.8) is 0 Å². The second-order valence-electron chi connectivity index (χ2n) is 5.97. The second-order valence-corrected chi connectivity index (χ2v) is 5.97. The summed E-state index contributed by atoms with van der Waals surface area (Å²) in [6.07, 6.45) is 4.73. The van der Waals surface area contributed by atoms with Crippen LogP contribution in [0.2, 0.25) is 0 Å². The molecule has 2 rings (SSSR count). The van der Waals surface area contributed by atoms with E-state index in [0.717, 1.165) is 19.3 Å². The van der Waals surface area contributed by atoms with Gasteiger partial charge in [-0.1, -0.05) is 25.7 Å². The lowest BCUT2D eigenvalue weighted by Crippen LogP contribution is -2.34. The molecule has 1 aliphatic rings. The molecule has 1 aromatic rings. The van der Waals surface area contributed by atoms with Crippen LogP contribution in [0.1, 0.15) is 49.2 Å². The van der Waals surface area contributed by atoms with Crippen LogP contribution in [0, 0.1) is 17.3 Å². The van der Waals surface area contributed by atoms with Gasteiger partial charge in [0.25, 0.3) is 5.91 Å². The van der Waals surface area contributed by atoms with Gasteiger partial charge in [0.15, 0.2) is 0 Å². The van der Waals surface area contributed by atoms with Crippen molar-refractivity contribution in [1.82, 2.24) is 10.3 Å². The number of carbonyl (C=O) groups excluding carboxylic acids is 1. The molecule has 4 nitrogen and oxygen atoms in total. The summed E-state index contributed by atoms with van der Waals surface area (Å²) in [6, 6.07) is 3.65. The van der Waals surface area contributed by atoms with Gasteiger partial charge in [-0.15, -0.1) is 0 Å². The highest BCUT2D eigenvalue weighted by Gasteiger charge is 2.31. The van der Waals surface area contributed by atoms with Gasteiger partial charge in [0, 0.05) is 17.8 Å². The van der Waals surface area contributed by atoms with Gasteiger partial charge in [-0.2, -0.15) is 0 Å². The highest BCUT2D eigenvalue weighted by molar-refractivity contribution is 5.92. The number of aliphatic hydroxyl groups is 1. The predicted molar refractivity (Wildman–Crippen MR) is 77.1 cm³/mol. The Morgan fingerprint density at radius 2 is 2.35 bits per heavy atom. The van der Waals surface area contributed by atoms with E-state index in [9.17, 15) is 4.79 Å². The van der Waals surface area contributed by atoms with Crippen molar-refractivity contribution in [1.29, 1.82) is 0 Å². The summed E-state index contributed by atoms with van der Waals surface area (Å²) in [5.41, 5.74) is 1.41. The molecule has 0 saturated heterocycles. The minimum Gasteiger partial charge on any atom is -0.384 e. The SMILES string of the molecule is CC1(C)CCC(NC(=O)c2ccc(C#CCO)cn2)C1. The van der Waals surface area contributed by atoms with Crippen LogP contribution in [0.15, 0.2) is 18.3 Å². The zero-order valence-corrected chi connectivity index (χ0v) is 11.9. The lowest BCUT2D eigenvalue weighted by molar-refractivity contribution is 0.0931. The van der Waals surface area contributed by atoms with E-state index in [-0.39, 0.29) is 18.6 Å². The third-order valence-electron chi connectivity index (χ3n) is 3.61. The summed E-state index contributed by atoms with van der Waals surface area (Å²) in [4.78, 5) is 16.2. The molecule has 1 atom stereocenters. The van der Waals surface area contributed by atoms with Crippen LogP contribution in [0.3, 0.4) is 0 Å². The Hall–Kier alpha value is -1.86. The van der Waals surface area contributed by atoms with Crippen LogP contribution in [0.5, 0.6) is 0 Å². The van der Waals surface area contributed by atoms with E-state index in [1.165, 1.54) is 0 Å². The molecule has 1 fully saturated rings. The van der Waals surface area contributed by atoms with Gasteiger partial charge in [0.1, 0.15) is 12.3 Å². The maximum atomic E-state index is 12.1. The van der Waals surface area contributed by atoms with Gasteiger partial charge < -0.3 is 10.4 Å². The first-order valence-corrected chi connectivity index (χ1v) is 6.87. The molecule has 1 amide bonds. The zero-order chi connectivity index (χ0) is 14.6. The van der Waals surface area contributed by atoms with Crippen LogP contribution in [0.4, 0.5) is 0 Å². The minimum atomic E-state index is -0.181. The highest BCUT2D eigenvalue weighted by Crippen LogP contribution is 2.36. The number of pyridine rings is 1. The molecule has 0 aliphatic heterocycles. The fourth-order valence-electron chi connectivity index (χ4n) is 2.56. The lowest BCUT2D eigenvalue weighted by atomic mass is 9.92. The van der Waals surface area contributed by atoms with Gasteiger partial charge >= 0.3 is 0 Å². The molecule has 1 unspecified atom stereocenters. The van der Waals surface area contributed by atoms with Gasteiger partial charge in [0.05, 0.1) is 0 Å². The summed E-state index contributed by atoms with van der Waals surface area (Å²) in [5.74, 6) is 5.17. The first-order chi connectivity index (χ1) is 9.50. The molecule has 0 spiro atoms. The van der Waals surface area contributed by atoms with E-state index in [1.807, 2.05) is 0 Å². The number of rotatable bonds is 2. The number of nitrogens with zero attached hydrogens (tertiary/aromatic N) is 1. The van der Waals surface area contributed by atoms with Crippen LogP contribution in [-0.2, 0) is 0 Å². The lowest BCUT2D eigenvalue weighted by Gasteiger charge is -2.17. The number of hydrogen-bond acceptors (Lipinski definition) is 3. The summed E-state index contributed by atoms with van der Waals surface area (Å²) < 4.78 is 0. The third kappa shape index (κ3) is 3.82. The molecule has 0 bridgehead atoms. The van der Waals surface area contributed by atoms with E-state index >= 15 is 0 Å². The average Bonchev–Trinajstić information content (AvgIpc) is 2.76. The minimum absolute atomic E-state index is 0.130. The topological polar surface area (TPSA) is 62.2 Å². The molecule has 4 heteroatoms. The highest BCUT2D eigenvalue weighted by atomic mass is 16.2. The van der Waals surface area contributed by atoms with E-state index in [2.05, 4.69) is 36.0 Å². The van der Waals surface area contributed by atoms with Crippen LogP contribution in [-0.4, -0.2) is 28.6 Å². The Morgan fingerprint density at radius 3 is 2.90 bits per heavy atom. The van der Waals surface area contributed by atoms with Gasteiger partial charge in [0.2, 0.25) is 0 Å². The molecule has 20 heavy (non-hydrogen) atoms. The Balaban J connectivity index is 1.96. The van der Waals surface area contributed by atoms with Crippen molar-refractivity contribution >= 4 is 5.91 Å². The molecule has 106 valence electrons. The molecule has 1 aliphatic carbocycles. The summed E-state index contributed by atoms with van der Waals surface area (Å²) >= 11 is 0. The first kappa shape index (κ1) is 14.5. The number of carbonyl (C=O) groups is 1. The molecular weight excluding hydrogens is 252 g/mol. The second kappa shape index (κ2) is 6.06. The van der Waals surface area contributed by atoms with Crippen molar-refractivity contribution in [2.24, 2.45) is 5.41 Å². The Kier molecular flexibility index (Phi) is 4.41. The molecule has 2 N–H and O–H groups in total. The average molecular weight is 272 g/mol. The monoisotopic (exact) mass is 272 g/mol. The smallest absolute Gasteiger partial charge is 0.270 e. The number of hydrogen-bond donors (Lipinski definition) is 2. The van der Waals surface area contributed by atoms with Crippen molar-refractivity contribution in [3.05, 3.63) is 29.6 Å². The van der Waals surface area contributed by atoms with Crippen molar-refractivity contribution in [2.45, 2.75) is 39.2 Å². The number of amides is 1. The maximum Gasteiger partial charge on any atom is 0.270 e. The van der Waals surface area contributed by atoms with Crippen molar-refractivity contribution < 1.29 is 9.90 Å². The van der Waals surface area contributed by atoms with Gasteiger partial charge in [-0.3, -0.25) is 4.79 Å². The van der Waals surface area contributed by atoms with Crippen LogP contribution in [0.25, 0.3) is 0 Å². The maximum absolute atomic E-state index is 12.1. The van der Waals surface area contributed by atoms with E-state index in [4.69, 9.17) is 5.11 Å². The van der Waals surface area contributed by atoms with Gasteiger partial charge in [-0.05, 0) is 36.8 Å². The number of aliphatic hydroxyl groups excluding tert-OH is 1. The third-order valence-corrected chi connectivity index (χ3v) is 3.61. The first-order valence-electron chi connectivity index (χ1n) is 6.87. The van der Waals surface area contributed by atoms with E-state index in [0.29, 0.717) is 16.7 Å². The molecule has 1 saturated carbocycles. The summed E-state index contributed by atoms with van der Waals surface area (Å²) in [6.45, 7) is 4.28. The fraction of sp³-hybridized carbons (Fsp3) is 0.500. The quantitative estimate of drug-likeness (QED) is 0.806. The van der Waals surface area contributed by atoms with E-state index < -0.39 is 0 Å². The van der Waals surface area contributed by atoms with Crippen molar-refractivity contribution in [2.75, 3.05) is 6.61 Å². The van der Waals surface area contributed by atoms with Gasteiger partial charge in [-0.25, -0.2) is 4.98 Å². The zero-order valence-electron chi connectivity index (χ0n) is 11.9. The Labute approximate surface area is 119 Å². The molecular formula is C16H20N2O2. The molecule has 0 radical (unpaired) electrons. The largest absolute Gasteiger partial charge is 0.384 e. The van der Waals surface area contributed by atoms with Crippen LogP contribution < -0.4 is 5.32 Å². The number of aromatic nitrogens is 1.